The summed E-state index contributed by atoms with van der Waals surface area (Å²) in [5.41, 5.74) is 0.767. The molecule has 1 atom stereocenters. The van der Waals surface area contributed by atoms with E-state index in [1.807, 2.05) is 12.2 Å². The van der Waals surface area contributed by atoms with Crippen LogP contribution in [0.2, 0.25) is 0 Å². The first-order valence-electron chi connectivity index (χ1n) is 9.06. The van der Waals surface area contributed by atoms with E-state index in [4.69, 9.17) is 16.7 Å². The first kappa shape index (κ1) is 20.7. The molecule has 0 heterocycles. The third-order valence-corrected chi connectivity index (χ3v) is 4.49. The maximum atomic E-state index is 12.1. The number of carbonyl (C=O) groups is 2. The number of Topliss-reactive ketones (excluding diaryl/α,β-unsaturated/α-hetero) is 1. The molecule has 1 aliphatic carbocycles. The molecule has 1 aliphatic rings. The number of carboxylic acids is 1. The van der Waals surface area contributed by atoms with Gasteiger partial charge in [-0.2, -0.15) is 0 Å². The summed E-state index contributed by atoms with van der Waals surface area (Å²) in [6, 6.07) is 0. The second-order valence-corrected chi connectivity index (χ2v) is 6.71. The number of hydrogen-bond acceptors (Lipinski definition) is 2. The molecule has 134 valence electrons. The third-order valence-electron chi connectivity index (χ3n) is 4.19. The number of rotatable bonds is 12. The van der Waals surface area contributed by atoms with Crippen molar-refractivity contribution in [1.82, 2.24) is 0 Å². The highest BCUT2D eigenvalue weighted by Gasteiger charge is 2.26. The topological polar surface area (TPSA) is 54.4 Å². The third kappa shape index (κ3) is 7.96. The molecular formula is C20H29ClO3. The van der Waals surface area contributed by atoms with Crippen molar-refractivity contribution in [2.24, 2.45) is 5.92 Å². The number of allylic oxidation sites excluding steroid dienone is 6. The van der Waals surface area contributed by atoms with Gasteiger partial charge in [0.15, 0.2) is 0 Å². The molecule has 24 heavy (non-hydrogen) atoms. The van der Waals surface area contributed by atoms with Gasteiger partial charge in [0.05, 0.1) is 5.03 Å². The minimum absolute atomic E-state index is 0.00445. The van der Waals surface area contributed by atoms with Crippen molar-refractivity contribution in [2.75, 3.05) is 0 Å². The molecule has 0 saturated heterocycles. The highest BCUT2D eigenvalue weighted by Crippen LogP contribution is 2.31. The Morgan fingerprint density at radius 1 is 1.17 bits per heavy atom. The predicted octanol–water partition coefficient (Wildman–Crippen LogP) is 5.80. The lowest BCUT2D eigenvalue weighted by molar-refractivity contribution is -0.137. The molecular weight excluding hydrogens is 324 g/mol. The Morgan fingerprint density at radius 3 is 2.58 bits per heavy atom. The van der Waals surface area contributed by atoms with E-state index < -0.39 is 5.97 Å². The zero-order chi connectivity index (χ0) is 17.8. The van der Waals surface area contributed by atoms with Crippen molar-refractivity contribution in [3.63, 3.8) is 0 Å². The van der Waals surface area contributed by atoms with Crippen LogP contribution in [0, 0.1) is 5.92 Å². The van der Waals surface area contributed by atoms with E-state index in [0.29, 0.717) is 11.5 Å². The highest BCUT2D eigenvalue weighted by molar-refractivity contribution is 6.46. The van der Waals surface area contributed by atoms with E-state index in [0.717, 1.165) is 31.3 Å². The van der Waals surface area contributed by atoms with E-state index in [1.54, 1.807) is 0 Å². The zero-order valence-electron chi connectivity index (χ0n) is 14.6. The molecule has 0 aromatic heterocycles. The van der Waals surface area contributed by atoms with Gasteiger partial charge in [0.1, 0.15) is 0 Å². The molecule has 0 aromatic rings. The van der Waals surface area contributed by atoms with Gasteiger partial charge in [0, 0.05) is 17.9 Å². The van der Waals surface area contributed by atoms with Crippen LogP contribution in [0.15, 0.2) is 34.9 Å². The number of ketones is 1. The average molecular weight is 353 g/mol. The number of unbranched alkanes of at least 4 members (excludes halogenated alkanes) is 7. The van der Waals surface area contributed by atoms with Gasteiger partial charge in [-0.3, -0.25) is 9.59 Å². The van der Waals surface area contributed by atoms with Crippen LogP contribution >= 0.6 is 11.6 Å². The number of hydrogen-bond donors (Lipinski definition) is 1. The maximum Gasteiger partial charge on any atom is 0.303 e. The Hall–Kier alpha value is -1.35. The molecule has 0 aromatic carbocycles. The molecule has 1 N–H and O–H groups in total. The van der Waals surface area contributed by atoms with Gasteiger partial charge >= 0.3 is 5.97 Å². The van der Waals surface area contributed by atoms with Crippen LogP contribution in [0.5, 0.6) is 0 Å². The lowest BCUT2D eigenvalue weighted by Crippen LogP contribution is -2.01. The van der Waals surface area contributed by atoms with Crippen molar-refractivity contribution >= 4 is 23.4 Å². The molecule has 0 bridgehead atoms. The monoisotopic (exact) mass is 352 g/mol. The van der Waals surface area contributed by atoms with Gasteiger partial charge in [-0.25, -0.2) is 0 Å². The summed E-state index contributed by atoms with van der Waals surface area (Å²) >= 11 is 6.00. The van der Waals surface area contributed by atoms with Crippen molar-refractivity contribution in [3.05, 3.63) is 34.9 Å². The van der Waals surface area contributed by atoms with Gasteiger partial charge in [0.2, 0.25) is 5.78 Å². The summed E-state index contributed by atoms with van der Waals surface area (Å²) in [4.78, 5) is 22.6. The van der Waals surface area contributed by atoms with Crippen LogP contribution in [-0.4, -0.2) is 16.9 Å². The average Bonchev–Trinajstić information content (AvgIpc) is 2.81. The summed E-state index contributed by atoms with van der Waals surface area (Å²) in [6.07, 6.45) is 17.5. The Bertz CT molecular complexity index is 503. The van der Waals surface area contributed by atoms with Gasteiger partial charge in [-0.1, -0.05) is 68.5 Å². The second kappa shape index (κ2) is 12.1. The number of halogens is 1. The lowest BCUT2D eigenvalue weighted by Gasteiger charge is -2.05. The fourth-order valence-electron chi connectivity index (χ4n) is 2.79. The van der Waals surface area contributed by atoms with Crippen molar-refractivity contribution < 1.29 is 14.7 Å². The van der Waals surface area contributed by atoms with E-state index >= 15 is 0 Å². The largest absolute Gasteiger partial charge is 0.481 e. The minimum Gasteiger partial charge on any atom is -0.481 e. The normalized spacial score (nSPS) is 19.4. The zero-order valence-corrected chi connectivity index (χ0v) is 15.4. The summed E-state index contributed by atoms with van der Waals surface area (Å²) in [6.45, 7) is 2.20. The first-order chi connectivity index (χ1) is 11.6. The molecule has 0 radical (unpaired) electrons. The van der Waals surface area contributed by atoms with E-state index in [1.165, 1.54) is 25.7 Å². The molecule has 1 unspecified atom stereocenters. The van der Waals surface area contributed by atoms with Gasteiger partial charge < -0.3 is 5.11 Å². The van der Waals surface area contributed by atoms with Crippen LogP contribution in [-0.2, 0) is 9.59 Å². The maximum absolute atomic E-state index is 12.1. The number of carbonyl (C=O) groups excluding carboxylic acids is 1. The van der Waals surface area contributed by atoms with Crippen LogP contribution in [0.3, 0.4) is 0 Å². The molecule has 0 saturated carbocycles. The fourth-order valence-corrected chi connectivity index (χ4v) is 3.03. The van der Waals surface area contributed by atoms with E-state index in [2.05, 4.69) is 19.1 Å². The van der Waals surface area contributed by atoms with Crippen molar-refractivity contribution in [2.45, 2.75) is 71.1 Å². The SMILES string of the molecule is CCCCCC/C=C/C1C=C(Cl)C(=O)/C1=C\CCCCCC(=O)O. The number of carboxylic acid groups (broad SMARTS) is 1. The van der Waals surface area contributed by atoms with Gasteiger partial charge in [0.25, 0.3) is 0 Å². The first-order valence-corrected chi connectivity index (χ1v) is 9.44. The minimum atomic E-state index is -0.751. The molecule has 0 spiro atoms. The molecule has 0 fully saturated rings. The summed E-state index contributed by atoms with van der Waals surface area (Å²) in [5, 5.41) is 8.92. The Labute approximate surface area is 150 Å². The van der Waals surface area contributed by atoms with Crippen LogP contribution in [0.25, 0.3) is 0 Å². The van der Waals surface area contributed by atoms with Crippen molar-refractivity contribution in [3.8, 4) is 0 Å². The van der Waals surface area contributed by atoms with E-state index in [-0.39, 0.29) is 18.1 Å². The predicted molar refractivity (Wildman–Crippen MR) is 99.1 cm³/mol. The lowest BCUT2D eigenvalue weighted by atomic mass is 9.98. The van der Waals surface area contributed by atoms with E-state index in [9.17, 15) is 9.59 Å². The van der Waals surface area contributed by atoms with Crippen molar-refractivity contribution in [1.29, 1.82) is 0 Å². The quantitative estimate of drug-likeness (QED) is 0.274. The standard InChI is InChI=1S/C20H29ClO3/c1-2-3-4-5-6-9-12-16-15-18(21)20(24)17(16)13-10-7-8-11-14-19(22)23/h9,12-13,15-16H,2-8,10-11,14H2,1H3,(H,22,23)/b12-9+,17-13-. The van der Waals surface area contributed by atoms with Gasteiger partial charge in [-0.05, 0) is 32.1 Å². The Balaban J connectivity index is 2.41. The summed E-state index contributed by atoms with van der Waals surface area (Å²) in [7, 11) is 0. The molecule has 3 nitrogen and oxygen atoms in total. The Morgan fingerprint density at radius 2 is 1.88 bits per heavy atom. The Kier molecular flexibility index (Phi) is 10.4. The molecule has 1 rings (SSSR count). The molecule has 0 aliphatic heterocycles. The highest BCUT2D eigenvalue weighted by atomic mass is 35.5. The van der Waals surface area contributed by atoms with Crippen LogP contribution in [0.4, 0.5) is 0 Å². The number of aliphatic carboxylic acids is 1. The van der Waals surface area contributed by atoms with Crippen LogP contribution in [0.1, 0.15) is 71.1 Å². The fraction of sp³-hybridized carbons (Fsp3) is 0.600. The summed E-state index contributed by atoms with van der Waals surface area (Å²) in [5.74, 6) is -0.822. The second-order valence-electron chi connectivity index (χ2n) is 6.30. The molecule has 0 amide bonds. The molecule has 4 heteroatoms. The van der Waals surface area contributed by atoms with Gasteiger partial charge in [-0.15, -0.1) is 0 Å². The van der Waals surface area contributed by atoms with Crippen LogP contribution < -0.4 is 0 Å². The summed E-state index contributed by atoms with van der Waals surface area (Å²) < 4.78 is 0. The smallest absolute Gasteiger partial charge is 0.303 e.